The summed E-state index contributed by atoms with van der Waals surface area (Å²) >= 11 is 7.34. The summed E-state index contributed by atoms with van der Waals surface area (Å²) in [5.41, 5.74) is 6.93. The third kappa shape index (κ3) is 2.85. The second-order valence-corrected chi connectivity index (χ2v) is 5.22. The van der Waals surface area contributed by atoms with Crippen LogP contribution >= 0.6 is 23.4 Å². The van der Waals surface area contributed by atoms with Crippen LogP contribution in [0.2, 0.25) is 5.02 Å². The zero-order valence-electron chi connectivity index (χ0n) is 10.3. The van der Waals surface area contributed by atoms with E-state index < -0.39 is 0 Å². The van der Waals surface area contributed by atoms with Gasteiger partial charge in [0, 0.05) is 4.90 Å². The van der Waals surface area contributed by atoms with Crippen LogP contribution in [-0.4, -0.2) is 16.0 Å². The molecule has 19 heavy (non-hydrogen) atoms. The van der Waals surface area contributed by atoms with Gasteiger partial charge >= 0.3 is 0 Å². The lowest BCUT2D eigenvalue weighted by Crippen LogP contribution is -2.14. The molecule has 0 fully saturated rings. The Labute approximate surface area is 119 Å². The molecule has 0 aliphatic rings. The minimum atomic E-state index is -0.0481. The number of oxazole rings is 1. The minimum Gasteiger partial charge on any atom is -0.436 e. The van der Waals surface area contributed by atoms with Gasteiger partial charge in [0.1, 0.15) is 5.76 Å². The van der Waals surface area contributed by atoms with Gasteiger partial charge in [0.15, 0.2) is 5.84 Å². The first-order valence-electron chi connectivity index (χ1n) is 5.41. The fourth-order valence-electron chi connectivity index (χ4n) is 1.47. The topological polar surface area (TPSA) is 84.6 Å². The van der Waals surface area contributed by atoms with Crippen molar-refractivity contribution in [2.45, 2.75) is 24.0 Å². The van der Waals surface area contributed by atoms with Crippen LogP contribution in [0.15, 0.2) is 37.9 Å². The van der Waals surface area contributed by atoms with Gasteiger partial charge in [0.2, 0.25) is 0 Å². The molecule has 0 aliphatic carbocycles. The van der Waals surface area contributed by atoms with E-state index in [0.717, 1.165) is 11.5 Å². The van der Waals surface area contributed by atoms with Crippen LogP contribution in [-0.2, 0) is 0 Å². The number of oxime groups is 1. The van der Waals surface area contributed by atoms with Crippen molar-refractivity contribution in [3.05, 3.63) is 40.2 Å². The van der Waals surface area contributed by atoms with Crippen molar-refractivity contribution in [1.82, 2.24) is 4.98 Å². The highest BCUT2D eigenvalue weighted by molar-refractivity contribution is 7.99. The Morgan fingerprint density at radius 1 is 1.47 bits per heavy atom. The molecule has 0 bridgehead atoms. The van der Waals surface area contributed by atoms with Crippen molar-refractivity contribution < 1.29 is 9.62 Å². The molecule has 1 aromatic heterocycles. The number of aryl methyl sites for hydroxylation is 2. The van der Waals surface area contributed by atoms with Gasteiger partial charge in [-0.3, -0.25) is 0 Å². The third-order valence-corrected chi connectivity index (χ3v) is 3.77. The maximum atomic E-state index is 8.81. The lowest BCUT2D eigenvalue weighted by atomic mass is 10.2. The summed E-state index contributed by atoms with van der Waals surface area (Å²) < 4.78 is 5.49. The Morgan fingerprint density at radius 3 is 2.79 bits per heavy atom. The molecule has 1 heterocycles. The highest BCUT2D eigenvalue weighted by atomic mass is 35.5. The molecule has 0 amide bonds. The molecule has 2 aromatic rings. The molecule has 3 N–H and O–H groups in total. The van der Waals surface area contributed by atoms with Crippen molar-refractivity contribution in [1.29, 1.82) is 0 Å². The van der Waals surface area contributed by atoms with Gasteiger partial charge in [-0.2, -0.15) is 0 Å². The summed E-state index contributed by atoms with van der Waals surface area (Å²) in [5.74, 6) is 0.711. The second kappa shape index (κ2) is 5.54. The molecule has 0 unspecified atom stereocenters. The van der Waals surface area contributed by atoms with E-state index in [1.807, 2.05) is 13.8 Å². The standard InChI is InChI=1S/C12H12ClN3O2S/c1-6-7(2)18-12(15-6)19-9-5-3-4-8(13)10(9)11(14)16-17/h3-5,17H,1-2H3,(H2,14,16). The van der Waals surface area contributed by atoms with Crippen LogP contribution in [0.1, 0.15) is 17.0 Å². The maximum Gasteiger partial charge on any atom is 0.261 e. The number of benzene rings is 1. The molecule has 0 saturated carbocycles. The first kappa shape index (κ1) is 13.8. The molecule has 0 atom stereocenters. The summed E-state index contributed by atoms with van der Waals surface area (Å²) in [6.45, 7) is 3.71. The van der Waals surface area contributed by atoms with E-state index in [9.17, 15) is 0 Å². The monoisotopic (exact) mass is 297 g/mol. The quantitative estimate of drug-likeness (QED) is 0.393. The number of nitrogens with zero attached hydrogens (tertiary/aromatic N) is 2. The Morgan fingerprint density at radius 2 is 2.21 bits per heavy atom. The molecule has 5 nitrogen and oxygen atoms in total. The molecular weight excluding hydrogens is 286 g/mol. The zero-order chi connectivity index (χ0) is 14.0. The van der Waals surface area contributed by atoms with Crippen molar-refractivity contribution >= 4 is 29.2 Å². The summed E-state index contributed by atoms with van der Waals surface area (Å²) in [4.78, 5) is 4.98. The summed E-state index contributed by atoms with van der Waals surface area (Å²) in [7, 11) is 0. The predicted octanol–water partition coefficient (Wildman–Crippen LogP) is 3.19. The molecule has 0 spiro atoms. The van der Waals surface area contributed by atoms with E-state index in [1.54, 1.807) is 18.2 Å². The molecule has 7 heteroatoms. The number of rotatable bonds is 3. The Bertz CT molecular complexity index is 620. The van der Waals surface area contributed by atoms with E-state index in [2.05, 4.69) is 10.1 Å². The third-order valence-electron chi connectivity index (χ3n) is 2.55. The Balaban J connectivity index is 2.43. The number of hydrogen-bond acceptors (Lipinski definition) is 5. The summed E-state index contributed by atoms with van der Waals surface area (Å²) in [6.07, 6.45) is 0. The van der Waals surface area contributed by atoms with Crippen LogP contribution in [0.5, 0.6) is 0 Å². The van der Waals surface area contributed by atoms with Gasteiger partial charge in [-0.15, -0.1) is 0 Å². The van der Waals surface area contributed by atoms with E-state index >= 15 is 0 Å². The largest absolute Gasteiger partial charge is 0.436 e. The fraction of sp³-hybridized carbons (Fsp3) is 0.167. The van der Waals surface area contributed by atoms with Gasteiger partial charge in [-0.25, -0.2) is 4.98 Å². The number of nitrogens with two attached hydrogens (primary N) is 1. The number of amidine groups is 1. The van der Waals surface area contributed by atoms with Gasteiger partial charge in [-0.1, -0.05) is 22.8 Å². The maximum absolute atomic E-state index is 8.81. The van der Waals surface area contributed by atoms with Crippen molar-refractivity contribution in [3.63, 3.8) is 0 Å². The van der Waals surface area contributed by atoms with E-state index in [-0.39, 0.29) is 5.84 Å². The zero-order valence-corrected chi connectivity index (χ0v) is 11.9. The van der Waals surface area contributed by atoms with Crippen LogP contribution in [0.4, 0.5) is 0 Å². The molecule has 1 aromatic carbocycles. The smallest absolute Gasteiger partial charge is 0.261 e. The Kier molecular flexibility index (Phi) is 4.01. The minimum absolute atomic E-state index is 0.0481. The summed E-state index contributed by atoms with van der Waals surface area (Å²) in [6, 6.07) is 5.26. The first-order chi connectivity index (χ1) is 9.02. The second-order valence-electron chi connectivity index (χ2n) is 3.82. The van der Waals surface area contributed by atoms with Crippen LogP contribution in [0, 0.1) is 13.8 Å². The SMILES string of the molecule is Cc1nc(Sc2cccc(Cl)c2/C(N)=N/O)oc1C. The van der Waals surface area contributed by atoms with Crippen molar-refractivity contribution in [2.24, 2.45) is 10.9 Å². The van der Waals surface area contributed by atoms with E-state index in [0.29, 0.717) is 20.7 Å². The first-order valence-corrected chi connectivity index (χ1v) is 6.60. The van der Waals surface area contributed by atoms with Crippen LogP contribution in [0.25, 0.3) is 0 Å². The molecule has 0 aliphatic heterocycles. The highest BCUT2D eigenvalue weighted by Gasteiger charge is 2.15. The van der Waals surface area contributed by atoms with Gasteiger partial charge in [-0.05, 0) is 37.7 Å². The van der Waals surface area contributed by atoms with Gasteiger partial charge in [0.25, 0.3) is 5.22 Å². The van der Waals surface area contributed by atoms with Gasteiger partial charge < -0.3 is 15.4 Å². The lowest BCUT2D eigenvalue weighted by molar-refractivity contribution is 0.318. The average Bonchev–Trinajstić information content (AvgIpc) is 2.67. The van der Waals surface area contributed by atoms with Crippen LogP contribution in [0.3, 0.4) is 0 Å². The van der Waals surface area contributed by atoms with E-state index in [4.69, 9.17) is 27.0 Å². The van der Waals surface area contributed by atoms with Crippen molar-refractivity contribution in [3.8, 4) is 0 Å². The highest BCUT2D eigenvalue weighted by Crippen LogP contribution is 2.33. The van der Waals surface area contributed by atoms with Crippen molar-refractivity contribution in [2.75, 3.05) is 0 Å². The number of hydrogen-bond donors (Lipinski definition) is 2. The number of aromatic nitrogens is 1. The predicted molar refractivity (Wildman–Crippen MR) is 74.1 cm³/mol. The fourth-order valence-corrected chi connectivity index (χ4v) is 2.80. The average molecular weight is 298 g/mol. The molecule has 100 valence electrons. The van der Waals surface area contributed by atoms with E-state index in [1.165, 1.54) is 11.8 Å². The normalized spacial score (nSPS) is 11.8. The molecule has 0 radical (unpaired) electrons. The van der Waals surface area contributed by atoms with Crippen LogP contribution < -0.4 is 5.73 Å². The summed E-state index contributed by atoms with van der Waals surface area (Å²) in [5, 5.41) is 12.7. The molecule has 0 saturated heterocycles. The Hall–Kier alpha value is -1.66. The molecular formula is C12H12ClN3O2S. The molecule has 2 rings (SSSR count). The number of halogens is 1. The lowest BCUT2D eigenvalue weighted by Gasteiger charge is -2.07. The van der Waals surface area contributed by atoms with Gasteiger partial charge in [0.05, 0.1) is 16.3 Å².